The van der Waals surface area contributed by atoms with Crippen molar-refractivity contribution in [2.24, 2.45) is 11.3 Å². The molecular formula is C13H16N4. The maximum atomic E-state index is 8.85. The molecule has 0 bridgehead atoms. The smallest absolute Gasteiger partial charge is 0.161 e. The first-order valence-electron chi connectivity index (χ1n) is 6.10. The molecule has 2 fully saturated rings. The highest BCUT2D eigenvalue weighted by atomic mass is 15.3. The van der Waals surface area contributed by atoms with Gasteiger partial charge in [0.2, 0.25) is 0 Å². The highest BCUT2D eigenvalue weighted by Crippen LogP contribution is 2.51. The molecule has 1 aliphatic carbocycles. The van der Waals surface area contributed by atoms with Gasteiger partial charge in [-0.05, 0) is 18.8 Å². The molecule has 1 unspecified atom stereocenters. The van der Waals surface area contributed by atoms with Gasteiger partial charge in [-0.25, -0.2) is 4.98 Å². The molecule has 0 amide bonds. The van der Waals surface area contributed by atoms with Crippen LogP contribution in [0.3, 0.4) is 0 Å². The van der Waals surface area contributed by atoms with Gasteiger partial charge >= 0.3 is 0 Å². The second-order valence-electron chi connectivity index (χ2n) is 5.77. The van der Waals surface area contributed by atoms with E-state index in [-0.39, 0.29) is 0 Å². The van der Waals surface area contributed by atoms with Crippen molar-refractivity contribution in [2.45, 2.75) is 32.7 Å². The van der Waals surface area contributed by atoms with Gasteiger partial charge in [0.05, 0.1) is 12.4 Å². The summed E-state index contributed by atoms with van der Waals surface area (Å²) in [5.41, 5.74) is 0.771. The SMILES string of the molecule is CC1(C)CN(c2cncc(C#N)n2)C1C1CC1. The third-order valence-electron chi connectivity index (χ3n) is 3.81. The minimum absolute atomic E-state index is 0.367. The predicted octanol–water partition coefficient (Wildman–Crippen LogP) is 1.97. The van der Waals surface area contributed by atoms with E-state index < -0.39 is 0 Å². The fraction of sp³-hybridized carbons (Fsp3) is 0.615. The lowest BCUT2D eigenvalue weighted by Crippen LogP contribution is -2.63. The molecule has 1 atom stereocenters. The van der Waals surface area contributed by atoms with Gasteiger partial charge in [0, 0.05) is 18.0 Å². The summed E-state index contributed by atoms with van der Waals surface area (Å²) in [5.74, 6) is 1.67. The summed E-state index contributed by atoms with van der Waals surface area (Å²) < 4.78 is 0. The minimum Gasteiger partial charge on any atom is -0.351 e. The van der Waals surface area contributed by atoms with Crippen LogP contribution in [-0.2, 0) is 0 Å². The Balaban J connectivity index is 1.87. The summed E-state index contributed by atoms with van der Waals surface area (Å²) >= 11 is 0. The van der Waals surface area contributed by atoms with Crippen molar-refractivity contribution in [3.8, 4) is 6.07 Å². The molecule has 2 heterocycles. The number of anilines is 1. The molecule has 1 aliphatic heterocycles. The van der Waals surface area contributed by atoms with E-state index in [4.69, 9.17) is 5.26 Å². The monoisotopic (exact) mass is 228 g/mol. The first-order chi connectivity index (χ1) is 8.12. The molecular weight excluding hydrogens is 212 g/mol. The van der Waals surface area contributed by atoms with Gasteiger partial charge in [-0.1, -0.05) is 13.8 Å². The number of aromatic nitrogens is 2. The first kappa shape index (κ1) is 10.5. The zero-order valence-electron chi connectivity index (χ0n) is 10.2. The number of nitrogens with zero attached hydrogens (tertiary/aromatic N) is 4. The van der Waals surface area contributed by atoms with E-state index in [9.17, 15) is 0 Å². The molecule has 88 valence electrons. The first-order valence-corrected chi connectivity index (χ1v) is 6.10. The minimum atomic E-state index is 0.367. The van der Waals surface area contributed by atoms with Crippen molar-refractivity contribution in [3.05, 3.63) is 18.1 Å². The zero-order chi connectivity index (χ0) is 12.0. The molecule has 4 heteroatoms. The average molecular weight is 228 g/mol. The van der Waals surface area contributed by atoms with Crippen LogP contribution in [0.25, 0.3) is 0 Å². The van der Waals surface area contributed by atoms with Gasteiger partial charge in [0.1, 0.15) is 11.9 Å². The van der Waals surface area contributed by atoms with E-state index in [2.05, 4.69) is 34.8 Å². The number of hydrogen-bond donors (Lipinski definition) is 0. The highest BCUT2D eigenvalue weighted by molar-refractivity contribution is 5.46. The topological polar surface area (TPSA) is 52.8 Å². The summed E-state index contributed by atoms with van der Waals surface area (Å²) in [7, 11) is 0. The van der Waals surface area contributed by atoms with E-state index in [0.717, 1.165) is 18.3 Å². The average Bonchev–Trinajstić information content (AvgIpc) is 3.10. The van der Waals surface area contributed by atoms with Crippen LogP contribution in [0.4, 0.5) is 5.82 Å². The number of nitriles is 1. The Kier molecular flexibility index (Phi) is 2.12. The van der Waals surface area contributed by atoms with Gasteiger partial charge < -0.3 is 4.90 Å². The summed E-state index contributed by atoms with van der Waals surface area (Å²) in [6.07, 6.45) is 5.94. The third kappa shape index (κ3) is 1.66. The van der Waals surface area contributed by atoms with Crippen molar-refractivity contribution < 1.29 is 0 Å². The largest absolute Gasteiger partial charge is 0.351 e. The number of hydrogen-bond acceptors (Lipinski definition) is 4. The lowest BCUT2D eigenvalue weighted by atomic mass is 9.72. The zero-order valence-corrected chi connectivity index (χ0v) is 10.2. The molecule has 1 aromatic heterocycles. The number of rotatable bonds is 2. The Morgan fingerprint density at radius 3 is 2.76 bits per heavy atom. The van der Waals surface area contributed by atoms with E-state index in [1.54, 1.807) is 6.20 Å². The van der Waals surface area contributed by atoms with Gasteiger partial charge in [0.25, 0.3) is 0 Å². The van der Waals surface area contributed by atoms with E-state index in [1.807, 2.05) is 0 Å². The summed E-state index contributed by atoms with van der Waals surface area (Å²) in [6.45, 7) is 5.64. The molecule has 2 aliphatic rings. The summed E-state index contributed by atoms with van der Waals surface area (Å²) in [5, 5.41) is 8.85. The third-order valence-corrected chi connectivity index (χ3v) is 3.81. The van der Waals surface area contributed by atoms with E-state index in [1.165, 1.54) is 19.0 Å². The van der Waals surface area contributed by atoms with Crippen LogP contribution < -0.4 is 4.90 Å². The normalized spacial score (nSPS) is 26.2. The van der Waals surface area contributed by atoms with Crippen LogP contribution in [0, 0.1) is 22.7 Å². The predicted molar refractivity (Wildman–Crippen MR) is 64.4 cm³/mol. The summed E-state index contributed by atoms with van der Waals surface area (Å²) in [6, 6.07) is 2.63. The molecule has 0 N–H and O–H groups in total. The van der Waals surface area contributed by atoms with Crippen molar-refractivity contribution in [3.63, 3.8) is 0 Å². The van der Waals surface area contributed by atoms with Crippen molar-refractivity contribution in [1.82, 2.24) is 9.97 Å². The van der Waals surface area contributed by atoms with Crippen molar-refractivity contribution in [2.75, 3.05) is 11.4 Å². The lowest BCUT2D eigenvalue weighted by Gasteiger charge is -2.55. The van der Waals surface area contributed by atoms with Crippen LogP contribution in [0.2, 0.25) is 0 Å². The van der Waals surface area contributed by atoms with Crippen LogP contribution in [0.1, 0.15) is 32.4 Å². The van der Waals surface area contributed by atoms with Gasteiger partial charge in [0.15, 0.2) is 5.69 Å². The second-order valence-corrected chi connectivity index (χ2v) is 5.77. The maximum Gasteiger partial charge on any atom is 0.161 e. The molecule has 0 radical (unpaired) electrons. The Hall–Kier alpha value is -1.63. The van der Waals surface area contributed by atoms with E-state index in [0.29, 0.717) is 17.2 Å². The quantitative estimate of drug-likeness (QED) is 0.776. The lowest BCUT2D eigenvalue weighted by molar-refractivity contribution is 0.156. The fourth-order valence-corrected chi connectivity index (χ4v) is 3.02. The summed E-state index contributed by atoms with van der Waals surface area (Å²) in [4.78, 5) is 10.7. The van der Waals surface area contributed by atoms with Gasteiger partial charge in [-0.3, -0.25) is 4.98 Å². The Morgan fingerprint density at radius 1 is 1.41 bits per heavy atom. The maximum absolute atomic E-state index is 8.85. The van der Waals surface area contributed by atoms with Crippen LogP contribution in [0.15, 0.2) is 12.4 Å². The molecule has 0 aromatic carbocycles. The fourth-order valence-electron chi connectivity index (χ4n) is 3.02. The van der Waals surface area contributed by atoms with Gasteiger partial charge in [-0.15, -0.1) is 0 Å². The molecule has 1 aromatic rings. The van der Waals surface area contributed by atoms with Crippen molar-refractivity contribution in [1.29, 1.82) is 5.26 Å². The second kappa shape index (κ2) is 3.43. The molecule has 1 saturated heterocycles. The van der Waals surface area contributed by atoms with Crippen LogP contribution >= 0.6 is 0 Å². The molecule has 1 saturated carbocycles. The van der Waals surface area contributed by atoms with E-state index >= 15 is 0 Å². The van der Waals surface area contributed by atoms with Crippen molar-refractivity contribution >= 4 is 5.82 Å². The Labute approximate surface area is 101 Å². The van der Waals surface area contributed by atoms with Crippen LogP contribution in [0.5, 0.6) is 0 Å². The molecule has 17 heavy (non-hydrogen) atoms. The van der Waals surface area contributed by atoms with Crippen LogP contribution in [-0.4, -0.2) is 22.6 Å². The molecule has 4 nitrogen and oxygen atoms in total. The highest BCUT2D eigenvalue weighted by Gasteiger charge is 2.53. The Morgan fingerprint density at radius 2 is 2.18 bits per heavy atom. The Bertz CT molecular complexity index is 484. The standard InChI is InChI=1S/C13H16N4/c1-13(2)8-17(12(13)9-3-4-9)11-7-15-6-10(5-14)16-11/h6-7,9,12H,3-4,8H2,1-2H3. The molecule has 3 rings (SSSR count). The van der Waals surface area contributed by atoms with Gasteiger partial charge in [-0.2, -0.15) is 5.26 Å². The molecule has 0 spiro atoms.